The first kappa shape index (κ1) is 19.7. The lowest BCUT2D eigenvalue weighted by Crippen LogP contribution is -2.47. The maximum absolute atomic E-state index is 12.7. The van der Waals surface area contributed by atoms with Gasteiger partial charge in [-0.25, -0.2) is 4.98 Å². The fourth-order valence-corrected chi connectivity index (χ4v) is 3.02. The molecule has 6 heteroatoms. The number of likely N-dealkylation sites (N-methyl/N-ethyl adjacent to an activating group) is 1. The van der Waals surface area contributed by atoms with Gasteiger partial charge in [-0.15, -0.1) is 24.8 Å². The molecule has 1 fully saturated rings. The van der Waals surface area contributed by atoms with Gasteiger partial charge in [0.15, 0.2) is 0 Å². The quantitative estimate of drug-likeness (QED) is 0.899. The van der Waals surface area contributed by atoms with Crippen molar-refractivity contribution in [2.24, 2.45) is 0 Å². The van der Waals surface area contributed by atoms with E-state index in [1.165, 1.54) is 0 Å². The molecule has 126 valence electrons. The lowest BCUT2D eigenvalue weighted by molar-refractivity contribution is 0.0692. The highest BCUT2D eigenvalue weighted by Gasteiger charge is 2.24. The first-order valence-electron chi connectivity index (χ1n) is 7.52. The number of carbonyl (C=O) groups is 1. The van der Waals surface area contributed by atoms with Crippen LogP contribution in [0.3, 0.4) is 0 Å². The van der Waals surface area contributed by atoms with Crippen molar-refractivity contribution in [1.29, 1.82) is 0 Å². The molecule has 23 heavy (non-hydrogen) atoms. The van der Waals surface area contributed by atoms with E-state index in [1.807, 2.05) is 49.2 Å². The van der Waals surface area contributed by atoms with Crippen LogP contribution >= 0.6 is 24.8 Å². The topological polar surface area (TPSA) is 45.2 Å². The number of hydrogen-bond acceptors (Lipinski definition) is 3. The summed E-state index contributed by atoms with van der Waals surface area (Å²) in [5, 5.41) is 4.38. The Morgan fingerprint density at radius 2 is 2.04 bits per heavy atom. The number of nitrogens with one attached hydrogen (secondary N) is 1. The van der Waals surface area contributed by atoms with E-state index in [0.29, 0.717) is 11.7 Å². The lowest BCUT2D eigenvalue weighted by atomic mass is 10.0. The number of piperidine rings is 1. The van der Waals surface area contributed by atoms with Crippen LogP contribution in [0.1, 0.15) is 28.9 Å². The number of likely N-dealkylation sites (tertiary alicyclic amines) is 1. The maximum Gasteiger partial charge on any atom is 0.272 e. The van der Waals surface area contributed by atoms with E-state index >= 15 is 0 Å². The fraction of sp³-hybridized carbons (Fsp3) is 0.412. The van der Waals surface area contributed by atoms with Gasteiger partial charge in [-0.2, -0.15) is 0 Å². The molecule has 1 aliphatic rings. The number of rotatable bonds is 2. The number of benzene rings is 1. The predicted molar refractivity (Wildman–Crippen MR) is 99.0 cm³/mol. The summed E-state index contributed by atoms with van der Waals surface area (Å²) < 4.78 is 0. The molecule has 1 unspecified atom stereocenters. The number of para-hydroxylation sites is 1. The van der Waals surface area contributed by atoms with Gasteiger partial charge in [-0.1, -0.05) is 18.2 Å². The number of aromatic nitrogens is 1. The first-order chi connectivity index (χ1) is 10.2. The van der Waals surface area contributed by atoms with E-state index in [4.69, 9.17) is 0 Å². The smallest absolute Gasteiger partial charge is 0.272 e. The molecular weight excluding hydrogens is 333 g/mol. The monoisotopic (exact) mass is 355 g/mol. The van der Waals surface area contributed by atoms with Crippen molar-refractivity contribution < 1.29 is 4.79 Å². The van der Waals surface area contributed by atoms with Crippen LogP contribution in [0.15, 0.2) is 30.3 Å². The zero-order valence-corrected chi connectivity index (χ0v) is 15.0. The predicted octanol–water partition coefficient (Wildman–Crippen LogP) is 3.21. The van der Waals surface area contributed by atoms with Crippen LogP contribution in [0.4, 0.5) is 0 Å². The van der Waals surface area contributed by atoms with Crippen LogP contribution in [-0.2, 0) is 0 Å². The molecule has 0 spiro atoms. The van der Waals surface area contributed by atoms with Crippen molar-refractivity contribution in [1.82, 2.24) is 15.2 Å². The van der Waals surface area contributed by atoms with Gasteiger partial charge in [-0.3, -0.25) is 4.79 Å². The zero-order valence-electron chi connectivity index (χ0n) is 13.4. The Kier molecular flexibility index (Phi) is 7.26. The summed E-state index contributed by atoms with van der Waals surface area (Å²) in [6.07, 6.45) is 2.17. The van der Waals surface area contributed by atoms with Crippen LogP contribution in [0, 0.1) is 6.92 Å². The van der Waals surface area contributed by atoms with E-state index in [1.54, 1.807) is 0 Å². The second-order valence-corrected chi connectivity index (χ2v) is 5.72. The lowest BCUT2D eigenvalue weighted by Gasteiger charge is -2.32. The van der Waals surface area contributed by atoms with E-state index in [2.05, 4.69) is 10.3 Å². The van der Waals surface area contributed by atoms with Crippen molar-refractivity contribution in [3.63, 3.8) is 0 Å². The molecule has 0 bridgehead atoms. The summed E-state index contributed by atoms with van der Waals surface area (Å²) in [6, 6.07) is 10.3. The van der Waals surface area contributed by atoms with E-state index < -0.39 is 0 Å². The molecule has 4 nitrogen and oxygen atoms in total. The summed E-state index contributed by atoms with van der Waals surface area (Å²) in [5.74, 6) is 0.0452. The van der Waals surface area contributed by atoms with Crippen LogP contribution < -0.4 is 5.32 Å². The molecule has 1 atom stereocenters. The average molecular weight is 356 g/mol. The van der Waals surface area contributed by atoms with Crippen molar-refractivity contribution in [3.8, 4) is 0 Å². The average Bonchev–Trinajstić information content (AvgIpc) is 2.54. The van der Waals surface area contributed by atoms with E-state index in [9.17, 15) is 4.79 Å². The fourth-order valence-electron chi connectivity index (χ4n) is 3.02. The number of carbonyl (C=O) groups excluding carboxylic acids is 1. The molecule has 1 amide bonds. The van der Waals surface area contributed by atoms with Crippen molar-refractivity contribution in [2.45, 2.75) is 25.8 Å². The number of aryl methyl sites for hydroxylation is 1. The summed E-state index contributed by atoms with van der Waals surface area (Å²) in [4.78, 5) is 19.2. The number of hydrogen-bond donors (Lipinski definition) is 1. The number of halogens is 2. The molecular formula is C17H23Cl2N3O. The van der Waals surface area contributed by atoms with Crippen molar-refractivity contribution in [2.75, 3.05) is 20.1 Å². The molecule has 1 aromatic heterocycles. The number of pyridine rings is 1. The zero-order chi connectivity index (χ0) is 14.8. The Balaban J connectivity index is 0.00000132. The minimum atomic E-state index is 0. The van der Waals surface area contributed by atoms with Gasteiger partial charge in [0.05, 0.1) is 5.52 Å². The van der Waals surface area contributed by atoms with Gasteiger partial charge < -0.3 is 10.2 Å². The highest BCUT2D eigenvalue weighted by atomic mass is 35.5. The van der Waals surface area contributed by atoms with Gasteiger partial charge >= 0.3 is 0 Å². The van der Waals surface area contributed by atoms with Gasteiger partial charge in [0, 0.05) is 24.5 Å². The van der Waals surface area contributed by atoms with Gasteiger partial charge in [-0.05, 0) is 44.5 Å². The molecule has 0 radical (unpaired) electrons. The number of amides is 1. The van der Waals surface area contributed by atoms with Crippen molar-refractivity contribution in [3.05, 3.63) is 41.6 Å². The molecule has 1 aliphatic heterocycles. The minimum Gasteiger partial charge on any atom is -0.336 e. The second-order valence-electron chi connectivity index (χ2n) is 5.72. The number of fused-ring (bicyclic) bond motifs is 1. The molecule has 3 rings (SSSR count). The van der Waals surface area contributed by atoms with Gasteiger partial charge in [0.25, 0.3) is 5.91 Å². The molecule has 1 aromatic carbocycles. The van der Waals surface area contributed by atoms with Gasteiger partial charge in [0.1, 0.15) is 5.69 Å². The Bertz CT molecular complexity index is 678. The molecule has 2 aromatic rings. The third-order valence-electron chi connectivity index (χ3n) is 4.26. The van der Waals surface area contributed by atoms with Crippen molar-refractivity contribution >= 4 is 41.6 Å². The highest BCUT2D eigenvalue weighted by Crippen LogP contribution is 2.19. The molecule has 1 N–H and O–H groups in total. The standard InChI is InChI=1S/C17H21N3O.2ClH/c1-12-10-16(19-15-8-4-3-7-14(12)15)17(21)20-9-5-6-13(11-20)18-2;;/h3-4,7-8,10,13,18H,5-6,9,11H2,1-2H3;2*1H. The summed E-state index contributed by atoms with van der Waals surface area (Å²) in [7, 11) is 1.96. The Morgan fingerprint density at radius 3 is 2.78 bits per heavy atom. The van der Waals surface area contributed by atoms with Crippen LogP contribution in [-0.4, -0.2) is 42.0 Å². The largest absolute Gasteiger partial charge is 0.336 e. The SMILES string of the molecule is CNC1CCCN(C(=O)c2cc(C)c3ccccc3n2)C1.Cl.Cl. The summed E-state index contributed by atoms with van der Waals surface area (Å²) in [5.41, 5.74) is 2.55. The Hall–Kier alpha value is -1.36. The molecule has 0 saturated carbocycles. The normalized spacial score (nSPS) is 17.3. The summed E-state index contributed by atoms with van der Waals surface area (Å²) >= 11 is 0. The van der Waals surface area contributed by atoms with Crippen LogP contribution in [0.25, 0.3) is 10.9 Å². The molecule has 0 aliphatic carbocycles. The first-order valence-corrected chi connectivity index (χ1v) is 7.52. The Morgan fingerprint density at radius 1 is 1.30 bits per heavy atom. The van der Waals surface area contributed by atoms with E-state index in [-0.39, 0.29) is 30.7 Å². The highest BCUT2D eigenvalue weighted by molar-refractivity contribution is 5.96. The summed E-state index contributed by atoms with van der Waals surface area (Å²) in [6.45, 7) is 3.63. The minimum absolute atomic E-state index is 0. The van der Waals surface area contributed by atoms with E-state index in [0.717, 1.165) is 42.4 Å². The van der Waals surface area contributed by atoms with Crippen LogP contribution in [0.5, 0.6) is 0 Å². The van der Waals surface area contributed by atoms with Crippen LogP contribution in [0.2, 0.25) is 0 Å². The van der Waals surface area contributed by atoms with Gasteiger partial charge in [0.2, 0.25) is 0 Å². The third-order valence-corrected chi connectivity index (χ3v) is 4.26. The maximum atomic E-state index is 12.7. The second kappa shape index (κ2) is 8.48. The third kappa shape index (κ3) is 4.14. The number of nitrogens with zero attached hydrogens (tertiary/aromatic N) is 2. The molecule has 2 heterocycles. The molecule has 1 saturated heterocycles. The Labute approximate surface area is 149 Å².